The third-order valence-electron chi connectivity index (χ3n) is 3.43. The summed E-state index contributed by atoms with van der Waals surface area (Å²) in [5.41, 5.74) is 0.523. The number of carbonyl (C=O) groups excluding carboxylic acids is 2. The van der Waals surface area contributed by atoms with Gasteiger partial charge in [0.2, 0.25) is 11.8 Å². The topological polar surface area (TPSA) is 67.4 Å². The highest BCUT2D eigenvalue weighted by atomic mass is 35.5. The lowest BCUT2D eigenvalue weighted by molar-refractivity contribution is -0.125. The van der Waals surface area contributed by atoms with Crippen molar-refractivity contribution in [1.82, 2.24) is 5.32 Å². The summed E-state index contributed by atoms with van der Waals surface area (Å²) in [7, 11) is 1.52. The zero-order valence-electron chi connectivity index (χ0n) is 12.1. The molecular formula is C15H19ClN2O3. The molecule has 1 aromatic rings. The first-order valence-electron chi connectivity index (χ1n) is 6.99. The molecule has 0 spiro atoms. The molecule has 0 saturated heterocycles. The molecule has 1 aromatic carbocycles. The lowest BCUT2D eigenvalue weighted by Gasteiger charge is -2.10. The lowest BCUT2D eigenvalue weighted by atomic mass is 10.2. The highest BCUT2D eigenvalue weighted by Gasteiger charge is 2.47. The standard InChI is InChI=1S/C15H19ClN2O3/c1-3-6-17-14(19)10-8-11(10)15(20)18-12-7-9(16)4-5-13(12)21-2/h4-5,7,10-11H,3,6,8H2,1-2H3,(H,17,19)(H,18,20). The normalized spacial score (nSPS) is 19.8. The van der Waals surface area contributed by atoms with Crippen LogP contribution in [-0.4, -0.2) is 25.5 Å². The van der Waals surface area contributed by atoms with E-state index in [9.17, 15) is 9.59 Å². The minimum absolute atomic E-state index is 0.0462. The van der Waals surface area contributed by atoms with Crippen molar-refractivity contribution in [3.8, 4) is 5.75 Å². The molecule has 114 valence electrons. The number of hydrogen-bond acceptors (Lipinski definition) is 3. The Morgan fingerprint density at radius 3 is 2.71 bits per heavy atom. The summed E-state index contributed by atoms with van der Waals surface area (Å²) in [5, 5.41) is 6.10. The molecule has 2 atom stereocenters. The number of nitrogens with one attached hydrogen (secondary N) is 2. The summed E-state index contributed by atoms with van der Waals surface area (Å²) >= 11 is 5.92. The third-order valence-corrected chi connectivity index (χ3v) is 3.67. The van der Waals surface area contributed by atoms with E-state index in [1.165, 1.54) is 7.11 Å². The van der Waals surface area contributed by atoms with E-state index in [0.29, 0.717) is 29.4 Å². The maximum atomic E-state index is 12.2. The molecule has 2 N–H and O–H groups in total. The predicted octanol–water partition coefficient (Wildman–Crippen LogP) is 2.45. The van der Waals surface area contributed by atoms with E-state index in [-0.39, 0.29) is 23.7 Å². The van der Waals surface area contributed by atoms with Crippen molar-refractivity contribution in [2.45, 2.75) is 19.8 Å². The van der Waals surface area contributed by atoms with Gasteiger partial charge in [-0.2, -0.15) is 0 Å². The van der Waals surface area contributed by atoms with Gasteiger partial charge in [-0.3, -0.25) is 9.59 Å². The summed E-state index contributed by atoms with van der Waals surface area (Å²) in [6.45, 7) is 2.63. The molecule has 0 heterocycles. The fourth-order valence-electron chi connectivity index (χ4n) is 2.16. The van der Waals surface area contributed by atoms with Crippen LogP contribution in [0.2, 0.25) is 5.02 Å². The van der Waals surface area contributed by atoms with Crippen LogP contribution in [0.4, 0.5) is 5.69 Å². The lowest BCUT2D eigenvalue weighted by Crippen LogP contribution is -2.28. The van der Waals surface area contributed by atoms with Gasteiger partial charge in [-0.05, 0) is 31.0 Å². The van der Waals surface area contributed by atoms with Gasteiger partial charge < -0.3 is 15.4 Å². The second kappa shape index (κ2) is 6.80. The van der Waals surface area contributed by atoms with E-state index in [1.54, 1.807) is 18.2 Å². The Kier molecular flexibility index (Phi) is 5.07. The number of amides is 2. The molecule has 5 nitrogen and oxygen atoms in total. The Morgan fingerprint density at radius 1 is 1.33 bits per heavy atom. The van der Waals surface area contributed by atoms with Gasteiger partial charge in [-0.1, -0.05) is 18.5 Å². The maximum absolute atomic E-state index is 12.2. The quantitative estimate of drug-likeness (QED) is 0.848. The van der Waals surface area contributed by atoms with Crippen LogP contribution in [0.3, 0.4) is 0 Å². The van der Waals surface area contributed by atoms with Gasteiger partial charge >= 0.3 is 0 Å². The van der Waals surface area contributed by atoms with Crippen molar-refractivity contribution in [3.05, 3.63) is 23.2 Å². The Balaban J connectivity index is 1.94. The number of rotatable bonds is 6. The van der Waals surface area contributed by atoms with Gasteiger partial charge in [0.15, 0.2) is 0 Å². The molecule has 1 fully saturated rings. The Labute approximate surface area is 129 Å². The third kappa shape index (κ3) is 3.88. The molecule has 6 heteroatoms. The number of carbonyl (C=O) groups is 2. The number of halogens is 1. The summed E-state index contributed by atoms with van der Waals surface area (Å²) in [4.78, 5) is 23.9. The van der Waals surface area contributed by atoms with Crippen molar-refractivity contribution >= 4 is 29.1 Å². The van der Waals surface area contributed by atoms with Crippen molar-refractivity contribution < 1.29 is 14.3 Å². The fraction of sp³-hybridized carbons (Fsp3) is 0.467. The van der Waals surface area contributed by atoms with E-state index in [4.69, 9.17) is 16.3 Å². The summed E-state index contributed by atoms with van der Waals surface area (Å²) in [5.74, 6) is -0.171. The molecular weight excluding hydrogens is 292 g/mol. The van der Waals surface area contributed by atoms with Gasteiger partial charge in [0, 0.05) is 11.6 Å². The largest absolute Gasteiger partial charge is 0.495 e. The second-order valence-corrected chi connectivity index (χ2v) is 5.51. The molecule has 1 saturated carbocycles. The van der Waals surface area contributed by atoms with Crippen LogP contribution in [0.25, 0.3) is 0 Å². The SMILES string of the molecule is CCCNC(=O)C1CC1C(=O)Nc1cc(Cl)ccc1OC. The zero-order valence-corrected chi connectivity index (χ0v) is 12.9. The molecule has 1 aliphatic rings. The smallest absolute Gasteiger partial charge is 0.228 e. The van der Waals surface area contributed by atoms with E-state index in [1.807, 2.05) is 6.92 Å². The van der Waals surface area contributed by atoms with Gasteiger partial charge in [-0.25, -0.2) is 0 Å². The molecule has 0 aromatic heterocycles. The minimum Gasteiger partial charge on any atom is -0.495 e. The maximum Gasteiger partial charge on any atom is 0.228 e. The Bertz CT molecular complexity index is 548. The molecule has 1 aliphatic carbocycles. The number of ether oxygens (including phenoxy) is 1. The second-order valence-electron chi connectivity index (χ2n) is 5.07. The number of benzene rings is 1. The van der Waals surface area contributed by atoms with E-state index in [0.717, 1.165) is 6.42 Å². The Hall–Kier alpha value is -1.75. The number of methoxy groups -OCH3 is 1. The van der Waals surface area contributed by atoms with Crippen LogP contribution in [-0.2, 0) is 9.59 Å². The van der Waals surface area contributed by atoms with Crippen molar-refractivity contribution in [1.29, 1.82) is 0 Å². The molecule has 21 heavy (non-hydrogen) atoms. The van der Waals surface area contributed by atoms with E-state index < -0.39 is 0 Å². The monoisotopic (exact) mass is 310 g/mol. The molecule has 2 amide bonds. The minimum atomic E-state index is -0.273. The van der Waals surface area contributed by atoms with Gasteiger partial charge in [0.05, 0.1) is 24.6 Å². The highest BCUT2D eigenvalue weighted by molar-refractivity contribution is 6.31. The first-order valence-corrected chi connectivity index (χ1v) is 7.36. The van der Waals surface area contributed by atoms with E-state index in [2.05, 4.69) is 10.6 Å². The molecule has 0 aliphatic heterocycles. The van der Waals surface area contributed by atoms with Crippen LogP contribution >= 0.6 is 11.6 Å². The summed E-state index contributed by atoms with van der Waals surface area (Å²) in [6, 6.07) is 5.01. The number of anilines is 1. The average molecular weight is 311 g/mol. The molecule has 2 unspecified atom stereocenters. The number of hydrogen-bond donors (Lipinski definition) is 2. The summed E-state index contributed by atoms with van der Waals surface area (Å²) < 4.78 is 5.18. The van der Waals surface area contributed by atoms with Crippen LogP contribution in [0, 0.1) is 11.8 Å². The first-order chi connectivity index (χ1) is 10.1. The average Bonchev–Trinajstić information content (AvgIpc) is 3.25. The first kappa shape index (κ1) is 15.6. The highest BCUT2D eigenvalue weighted by Crippen LogP contribution is 2.40. The van der Waals surface area contributed by atoms with Gasteiger partial charge in [-0.15, -0.1) is 0 Å². The van der Waals surface area contributed by atoms with Crippen LogP contribution < -0.4 is 15.4 Å². The van der Waals surface area contributed by atoms with Crippen LogP contribution in [0.1, 0.15) is 19.8 Å². The van der Waals surface area contributed by atoms with Crippen LogP contribution in [0.5, 0.6) is 5.75 Å². The fourth-order valence-corrected chi connectivity index (χ4v) is 2.33. The molecule has 0 radical (unpaired) electrons. The Morgan fingerprint density at radius 2 is 2.05 bits per heavy atom. The van der Waals surface area contributed by atoms with Crippen molar-refractivity contribution in [2.75, 3.05) is 19.0 Å². The van der Waals surface area contributed by atoms with Crippen molar-refractivity contribution in [3.63, 3.8) is 0 Å². The van der Waals surface area contributed by atoms with Crippen LogP contribution in [0.15, 0.2) is 18.2 Å². The van der Waals surface area contributed by atoms with Gasteiger partial charge in [0.1, 0.15) is 5.75 Å². The van der Waals surface area contributed by atoms with Gasteiger partial charge in [0.25, 0.3) is 0 Å². The zero-order chi connectivity index (χ0) is 15.4. The predicted molar refractivity (Wildman–Crippen MR) is 81.5 cm³/mol. The van der Waals surface area contributed by atoms with E-state index >= 15 is 0 Å². The summed E-state index contributed by atoms with van der Waals surface area (Å²) in [6.07, 6.45) is 1.47. The molecule has 2 rings (SSSR count). The van der Waals surface area contributed by atoms with Crippen molar-refractivity contribution in [2.24, 2.45) is 11.8 Å². The molecule has 0 bridgehead atoms.